The van der Waals surface area contributed by atoms with Gasteiger partial charge in [-0.3, -0.25) is 0 Å². The van der Waals surface area contributed by atoms with Crippen LogP contribution in [-0.4, -0.2) is 47.4 Å². The Morgan fingerprint density at radius 3 is 2.77 bits per heavy atom. The number of ether oxygens (including phenoxy) is 3. The highest BCUT2D eigenvalue weighted by Crippen LogP contribution is 2.36. The average Bonchev–Trinajstić information content (AvgIpc) is 2.77. The van der Waals surface area contributed by atoms with Crippen molar-refractivity contribution in [2.45, 2.75) is 32.4 Å². The third-order valence-electron chi connectivity index (χ3n) is 4.20. The fraction of sp³-hybridized carbons (Fsp3) is 0.471. The number of aliphatic hydroxyl groups is 1. The lowest BCUT2D eigenvalue weighted by Gasteiger charge is -2.16. The third-order valence-corrected chi connectivity index (χ3v) is 4.20. The van der Waals surface area contributed by atoms with Gasteiger partial charge in [-0.05, 0) is 25.1 Å². The second kappa shape index (κ2) is 7.16. The first-order valence-corrected chi connectivity index (χ1v) is 8.05. The Morgan fingerprint density at radius 1 is 1.35 bits per heavy atom. The molecule has 26 heavy (non-hydrogen) atoms. The van der Waals surface area contributed by atoms with Gasteiger partial charge in [0.15, 0.2) is 11.5 Å². The Kier molecular flexibility index (Phi) is 5.10. The van der Waals surface area contributed by atoms with E-state index in [1.165, 1.54) is 25.3 Å². The number of hydrogen-bond donors (Lipinski definition) is 1. The number of imidazole rings is 1. The zero-order valence-electron chi connectivity index (χ0n) is 14.3. The van der Waals surface area contributed by atoms with Gasteiger partial charge in [0.2, 0.25) is 0 Å². The second-order valence-corrected chi connectivity index (χ2v) is 5.92. The van der Waals surface area contributed by atoms with Crippen molar-refractivity contribution in [3.8, 4) is 22.9 Å². The number of benzene rings is 1. The lowest BCUT2D eigenvalue weighted by molar-refractivity contribution is -0.275. The van der Waals surface area contributed by atoms with Crippen LogP contribution in [0.25, 0.3) is 11.4 Å². The Balaban J connectivity index is 2.02. The number of hydrogen-bond acceptors (Lipinski definition) is 5. The third kappa shape index (κ3) is 3.78. The molecule has 1 N–H and O–H groups in total. The van der Waals surface area contributed by atoms with Gasteiger partial charge in [-0.15, -0.1) is 13.2 Å². The lowest BCUT2D eigenvalue weighted by atomic mass is 10.2. The van der Waals surface area contributed by atoms with E-state index >= 15 is 0 Å². The molecule has 0 saturated carbocycles. The van der Waals surface area contributed by atoms with Crippen molar-refractivity contribution in [3.63, 3.8) is 0 Å². The maximum absolute atomic E-state index is 12.5. The topological polar surface area (TPSA) is 65.7 Å². The van der Waals surface area contributed by atoms with Crippen LogP contribution in [-0.2, 0) is 17.7 Å². The van der Waals surface area contributed by atoms with Crippen LogP contribution in [0.2, 0.25) is 0 Å². The van der Waals surface area contributed by atoms with Crippen molar-refractivity contribution in [2.24, 2.45) is 0 Å². The fourth-order valence-corrected chi connectivity index (χ4v) is 3.04. The molecule has 6 nitrogen and oxygen atoms in total. The maximum Gasteiger partial charge on any atom is 0.573 e. The highest BCUT2D eigenvalue weighted by atomic mass is 19.4. The summed E-state index contributed by atoms with van der Waals surface area (Å²) in [5.74, 6) is 0.122. The van der Waals surface area contributed by atoms with Gasteiger partial charge >= 0.3 is 6.36 Å². The lowest BCUT2D eigenvalue weighted by Crippen LogP contribution is -2.22. The van der Waals surface area contributed by atoms with Crippen LogP contribution in [0.4, 0.5) is 13.2 Å². The first-order chi connectivity index (χ1) is 12.3. The van der Waals surface area contributed by atoms with Crippen molar-refractivity contribution in [3.05, 3.63) is 29.6 Å². The highest BCUT2D eigenvalue weighted by Gasteiger charge is 2.32. The van der Waals surface area contributed by atoms with Gasteiger partial charge < -0.3 is 23.9 Å². The predicted molar refractivity (Wildman–Crippen MR) is 86.2 cm³/mol. The first-order valence-electron chi connectivity index (χ1n) is 8.05. The summed E-state index contributed by atoms with van der Waals surface area (Å²) >= 11 is 0. The Morgan fingerprint density at radius 2 is 2.12 bits per heavy atom. The standard InChI is InChI=1S/C17H19F3N2O4/c1-10-13-5-6-25-12(9-23)8-22(13)16(21-10)11-3-4-14(15(7-11)24-2)26-17(18,19)20/h3-4,7,12,23H,5-6,8-9H2,1-2H3. The van der Waals surface area contributed by atoms with Crippen LogP contribution in [0.5, 0.6) is 11.5 Å². The minimum atomic E-state index is -4.80. The van der Waals surface area contributed by atoms with Gasteiger partial charge in [-0.2, -0.15) is 0 Å². The molecule has 1 aliphatic rings. The average molecular weight is 372 g/mol. The SMILES string of the molecule is COc1cc(-c2nc(C)c3n2CC(CO)OCC3)ccc1OC(F)(F)F. The van der Waals surface area contributed by atoms with E-state index in [2.05, 4.69) is 9.72 Å². The van der Waals surface area contributed by atoms with E-state index < -0.39 is 12.1 Å². The van der Waals surface area contributed by atoms with Crippen LogP contribution in [0.1, 0.15) is 11.4 Å². The van der Waals surface area contributed by atoms with E-state index in [4.69, 9.17) is 9.47 Å². The maximum atomic E-state index is 12.5. The van der Waals surface area contributed by atoms with Gasteiger partial charge in [0.1, 0.15) is 5.82 Å². The first kappa shape index (κ1) is 18.5. The quantitative estimate of drug-likeness (QED) is 0.894. The Bertz CT molecular complexity index is 789. The summed E-state index contributed by atoms with van der Waals surface area (Å²) in [7, 11) is 1.27. The van der Waals surface area contributed by atoms with E-state index in [1.54, 1.807) is 0 Å². The molecule has 2 heterocycles. The smallest absolute Gasteiger partial charge is 0.493 e. The van der Waals surface area contributed by atoms with Gasteiger partial charge in [0.05, 0.1) is 38.7 Å². The monoisotopic (exact) mass is 372 g/mol. The summed E-state index contributed by atoms with van der Waals surface area (Å²) in [4.78, 5) is 4.56. The summed E-state index contributed by atoms with van der Waals surface area (Å²) in [6.07, 6.45) is -4.53. The number of nitrogens with zero attached hydrogens (tertiary/aromatic N) is 2. The molecule has 0 saturated heterocycles. The molecule has 1 unspecified atom stereocenters. The van der Waals surface area contributed by atoms with Crippen LogP contribution >= 0.6 is 0 Å². The highest BCUT2D eigenvalue weighted by molar-refractivity contribution is 5.62. The molecule has 1 aromatic heterocycles. The molecule has 0 amide bonds. The molecule has 1 atom stereocenters. The van der Waals surface area contributed by atoms with Crippen LogP contribution in [0.15, 0.2) is 18.2 Å². The van der Waals surface area contributed by atoms with Gasteiger partial charge in [0, 0.05) is 17.7 Å². The van der Waals surface area contributed by atoms with Crippen molar-refractivity contribution in [1.29, 1.82) is 0 Å². The molecule has 0 bridgehead atoms. The zero-order chi connectivity index (χ0) is 18.9. The molecule has 1 aliphatic heterocycles. The zero-order valence-corrected chi connectivity index (χ0v) is 14.3. The van der Waals surface area contributed by atoms with Crippen LogP contribution in [0.3, 0.4) is 0 Å². The molecule has 1 aromatic carbocycles. The second-order valence-electron chi connectivity index (χ2n) is 5.92. The van der Waals surface area contributed by atoms with Gasteiger partial charge in [-0.25, -0.2) is 4.98 Å². The molecular weight excluding hydrogens is 353 g/mol. The van der Waals surface area contributed by atoms with Crippen LogP contribution < -0.4 is 9.47 Å². The normalized spacial score (nSPS) is 17.5. The van der Waals surface area contributed by atoms with E-state index in [9.17, 15) is 18.3 Å². The molecule has 0 fully saturated rings. The number of halogens is 3. The minimum absolute atomic E-state index is 0.0431. The summed E-state index contributed by atoms with van der Waals surface area (Å²) < 4.78 is 54.1. The molecule has 0 radical (unpaired) electrons. The summed E-state index contributed by atoms with van der Waals surface area (Å²) in [5, 5.41) is 9.43. The number of alkyl halides is 3. The molecule has 9 heteroatoms. The molecule has 0 aliphatic carbocycles. The van der Waals surface area contributed by atoms with E-state index in [1.807, 2.05) is 11.5 Å². The van der Waals surface area contributed by atoms with Gasteiger partial charge in [-0.1, -0.05) is 0 Å². The van der Waals surface area contributed by atoms with Crippen LogP contribution in [0, 0.1) is 6.92 Å². The fourth-order valence-electron chi connectivity index (χ4n) is 3.04. The van der Waals surface area contributed by atoms with Crippen molar-refractivity contribution in [2.75, 3.05) is 20.3 Å². The van der Waals surface area contributed by atoms with Crippen molar-refractivity contribution >= 4 is 0 Å². The molecular formula is C17H19F3N2O4. The number of aryl methyl sites for hydroxylation is 1. The van der Waals surface area contributed by atoms with E-state index in [0.717, 1.165) is 11.4 Å². The van der Waals surface area contributed by atoms with E-state index in [0.29, 0.717) is 31.0 Å². The minimum Gasteiger partial charge on any atom is -0.493 e. The number of methoxy groups -OCH3 is 1. The molecule has 0 spiro atoms. The Labute approximate surface area is 148 Å². The summed E-state index contributed by atoms with van der Waals surface area (Å²) in [5.41, 5.74) is 2.38. The number of fused-ring (bicyclic) bond motifs is 1. The number of aliphatic hydroxyl groups excluding tert-OH is 1. The van der Waals surface area contributed by atoms with Crippen molar-refractivity contribution in [1.82, 2.24) is 9.55 Å². The number of aromatic nitrogens is 2. The van der Waals surface area contributed by atoms with Crippen molar-refractivity contribution < 1.29 is 32.5 Å². The number of rotatable bonds is 4. The molecule has 142 valence electrons. The summed E-state index contributed by atoms with van der Waals surface area (Å²) in [6, 6.07) is 4.16. The molecule has 2 aromatic rings. The predicted octanol–water partition coefficient (Wildman–Crippen LogP) is 2.70. The van der Waals surface area contributed by atoms with Gasteiger partial charge in [0.25, 0.3) is 0 Å². The largest absolute Gasteiger partial charge is 0.573 e. The Hall–Kier alpha value is -2.26. The van der Waals surface area contributed by atoms with E-state index in [-0.39, 0.29) is 18.5 Å². The molecule has 3 rings (SSSR count). The summed E-state index contributed by atoms with van der Waals surface area (Å²) in [6.45, 7) is 2.62.